The van der Waals surface area contributed by atoms with E-state index in [2.05, 4.69) is 23.3 Å². The van der Waals surface area contributed by atoms with Crippen molar-refractivity contribution in [3.8, 4) is 5.75 Å². The van der Waals surface area contributed by atoms with Crippen LogP contribution in [0.4, 0.5) is 0 Å². The Labute approximate surface area is 163 Å². The summed E-state index contributed by atoms with van der Waals surface area (Å²) < 4.78 is 10.2. The SMILES string of the molecule is COc1ccc2cnc(C3CCCN(C(=O)Cc4nonc4C)C3)cc2c1C. The smallest absolute Gasteiger partial charge is 0.228 e. The number of carbonyl (C=O) groups excluding carboxylic acids is 1. The molecule has 2 aromatic heterocycles. The molecule has 7 heteroatoms. The van der Waals surface area contributed by atoms with Gasteiger partial charge in [0.05, 0.1) is 13.5 Å². The van der Waals surface area contributed by atoms with Crippen molar-refractivity contribution in [3.05, 3.63) is 47.0 Å². The number of aromatic nitrogens is 3. The number of nitrogens with zero attached hydrogens (tertiary/aromatic N) is 4. The fraction of sp³-hybridized carbons (Fsp3) is 0.429. The van der Waals surface area contributed by atoms with Crippen molar-refractivity contribution in [1.29, 1.82) is 0 Å². The van der Waals surface area contributed by atoms with Crippen molar-refractivity contribution >= 4 is 16.7 Å². The van der Waals surface area contributed by atoms with Crippen molar-refractivity contribution in [3.63, 3.8) is 0 Å². The van der Waals surface area contributed by atoms with Gasteiger partial charge in [0.1, 0.15) is 17.1 Å². The summed E-state index contributed by atoms with van der Waals surface area (Å²) in [5.41, 5.74) is 3.42. The second-order valence-corrected chi connectivity index (χ2v) is 7.38. The predicted molar refractivity (Wildman–Crippen MR) is 104 cm³/mol. The molecule has 146 valence electrons. The Morgan fingerprint density at radius 3 is 2.93 bits per heavy atom. The van der Waals surface area contributed by atoms with Crippen LogP contribution in [-0.4, -0.2) is 46.3 Å². The molecule has 1 saturated heterocycles. The van der Waals surface area contributed by atoms with Gasteiger partial charge in [-0.2, -0.15) is 0 Å². The normalized spacial score (nSPS) is 17.1. The van der Waals surface area contributed by atoms with E-state index in [0.717, 1.165) is 47.2 Å². The average molecular weight is 380 g/mol. The van der Waals surface area contributed by atoms with Crippen LogP contribution in [-0.2, 0) is 11.2 Å². The second-order valence-electron chi connectivity index (χ2n) is 7.38. The van der Waals surface area contributed by atoms with E-state index in [0.29, 0.717) is 17.9 Å². The van der Waals surface area contributed by atoms with Crippen LogP contribution in [0.1, 0.15) is 41.4 Å². The van der Waals surface area contributed by atoms with E-state index < -0.39 is 0 Å². The maximum Gasteiger partial charge on any atom is 0.228 e. The predicted octanol–water partition coefficient (Wildman–Crippen LogP) is 3.19. The highest BCUT2D eigenvalue weighted by Gasteiger charge is 2.27. The summed E-state index contributed by atoms with van der Waals surface area (Å²) in [7, 11) is 1.69. The lowest BCUT2D eigenvalue weighted by Crippen LogP contribution is -2.40. The van der Waals surface area contributed by atoms with E-state index in [4.69, 9.17) is 14.3 Å². The lowest BCUT2D eigenvalue weighted by atomic mass is 9.92. The first-order valence-corrected chi connectivity index (χ1v) is 9.56. The Bertz CT molecular complexity index is 1010. The molecule has 1 aromatic carbocycles. The van der Waals surface area contributed by atoms with Crippen molar-refractivity contribution in [1.82, 2.24) is 20.2 Å². The van der Waals surface area contributed by atoms with E-state index in [1.165, 1.54) is 0 Å². The summed E-state index contributed by atoms with van der Waals surface area (Å²) in [5, 5.41) is 9.83. The standard InChI is InChI=1S/C21H24N4O3/c1-13-17-9-19(22-11-15(17)6-7-20(13)27-3)16-5-4-8-25(12-16)21(26)10-18-14(2)23-28-24-18/h6-7,9,11,16H,4-5,8,10,12H2,1-3H3. The van der Waals surface area contributed by atoms with E-state index >= 15 is 0 Å². The summed E-state index contributed by atoms with van der Waals surface area (Å²) in [6, 6.07) is 6.15. The van der Waals surface area contributed by atoms with Gasteiger partial charge in [0.15, 0.2) is 0 Å². The molecule has 1 aliphatic heterocycles. The van der Waals surface area contributed by atoms with Gasteiger partial charge in [0.25, 0.3) is 0 Å². The van der Waals surface area contributed by atoms with Gasteiger partial charge in [-0.1, -0.05) is 10.3 Å². The number of likely N-dealkylation sites (tertiary alicyclic amines) is 1. The number of pyridine rings is 1. The first-order valence-electron chi connectivity index (χ1n) is 9.56. The number of hydrogen-bond acceptors (Lipinski definition) is 6. The van der Waals surface area contributed by atoms with Gasteiger partial charge < -0.3 is 9.64 Å². The summed E-state index contributed by atoms with van der Waals surface area (Å²) in [6.45, 7) is 5.30. The number of aryl methyl sites for hydroxylation is 2. The number of hydrogen-bond donors (Lipinski definition) is 0. The zero-order chi connectivity index (χ0) is 19.7. The highest BCUT2D eigenvalue weighted by molar-refractivity contribution is 5.87. The Morgan fingerprint density at radius 2 is 2.18 bits per heavy atom. The molecule has 7 nitrogen and oxygen atoms in total. The third-order valence-corrected chi connectivity index (χ3v) is 5.62. The summed E-state index contributed by atoms with van der Waals surface area (Å²) in [4.78, 5) is 19.3. The molecule has 28 heavy (non-hydrogen) atoms. The van der Waals surface area contributed by atoms with E-state index in [1.54, 1.807) is 14.0 Å². The molecule has 4 rings (SSSR count). The van der Waals surface area contributed by atoms with Gasteiger partial charge in [-0.05, 0) is 55.8 Å². The van der Waals surface area contributed by atoms with Gasteiger partial charge in [0.2, 0.25) is 5.91 Å². The van der Waals surface area contributed by atoms with E-state index in [1.807, 2.05) is 23.2 Å². The maximum atomic E-state index is 12.7. The van der Waals surface area contributed by atoms with Gasteiger partial charge in [0, 0.05) is 36.3 Å². The monoisotopic (exact) mass is 380 g/mol. The second kappa shape index (κ2) is 7.58. The highest BCUT2D eigenvalue weighted by Crippen LogP contribution is 2.31. The molecule has 1 fully saturated rings. The molecule has 3 heterocycles. The van der Waals surface area contributed by atoms with Crippen LogP contribution in [0.25, 0.3) is 10.8 Å². The molecule has 1 aliphatic rings. The van der Waals surface area contributed by atoms with Crippen LogP contribution in [0, 0.1) is 13.8 Å². The van der Waals surface area contributed by atoms with Crippen molar-refractivity contribution in [2.45, 2.75) is 39.0 Å². The molecule has 1 unspecified atom stereocenters. The quantitative estimate of drug-likeness (QED) is 0.691. The Hall–Kier alpha value is -2.96. The van der Waals surface area contributed by atoms with Crippen molar-refractivity contribution < 1.29 is 14.2 Å². The molecule has 0 bridgehead atoms. The zero-order valence-electron chi connectivity index (χ0n) is 16.4. The maximum absolute atomic E-state index is 12.7. The molecule has 0 radical (unpaired) electrons. The van der Waals surface area contributed by atoms with Crippen LogP contribution < -0.4 is 4.74 Å². The molecule has 1 amide bonds. The third-order valence-electron chi connectivity index (χ3n) is 5.62. The minimum atomic E-state index is 0.0575. The topological polar surface area (TPSA) is 81.4 Å². The largest absolute Gasteiger partial charge is 0.496 e. The number of ether oxygens (including phenoxy) is 1. The van der Waals surface area contributed by atoms with Crippen LogP contribution >= 0.6 is 0 Å². The van der Waals surface area contributed by atoms with E-state index in [9.17, 15) is 4.79 Å². The number of benzene rings is 1. The average Bonchev–Trinajstić information content (AvgIpc) is 3.12. The van der Waals surface area contributed by atoms with Crippen LogP contribution in [0.3, 0.4) is 0 Å². The molecule has 0 aliphatic carbocycles. The number of amides is 1. The van der Waals surface area contributed by atoms with Crippen molar-refractivity contribution in [2.75, 3.05) is 20.2 Å². The third kappa shape index (κ3) is 3.44. The molecular formula is C21H24N4O3. The van der Waals surface area contributed by atoms with Gasteiger partial charge in [-0.25, -0.2) is 4.63 Å². The summed E-state index contributed by atoms with van der Waals surface area (Å²) in [5.74, 6) is 1.16. The fourth-order valence-electron chi connectivity index (χ4n) is 3.92. The Kier molecular flexibility index (Phi) is 4.98. The number of rotatable bonds is 4. The molecule has 3 aromatic rings. The Balaban J connectivity index is 1.55. The molecule has 0 saturated carbocycles. The fourth-order valence-corrected chi connectivity index (χ4v) is 3.92. The van der Waals surface area contributed by atoms with Gasteiger partial charge >= 0.3 is 0 Å². The number of fused-ring (bicyclic) bond motifs is 1. The van der Waals surface area contributed by atoms with Crippen LogP contribution in [0.5, 0.6) is 5.75 Å². The lowest BCUT2D eigenvalue weighted by molar-refractivity contribution is -0.131. The van der Waals surface area contributed by atoms with Crippen LogP contribution in [0.15, 0.2) is 29.0 Å². The summed E-state index contributed by atoms with van der Waals surface area (Å²) in [6.07, 6.45) is 4.13. The zero-order valence-corrected chi connectivity index (χ0v) is 16.4. The van der Waals surface area contributed by atoms with Gasteiger partial charge in [-0.15, -0.1) is 0 Å². The summed E-state index contributed by atoms with van der Waals surface area (Å²) >= 11 is 0. The first-order chi connectivity index (χ1) is 13.6. The number of piperidine rings is 1. The lowest BCUT2D eigenvalue weighted by Gasteiger charge is -2.32. The minimum absolute atomic E-state index is 0.0575. The molecule has 1 atom stereocenters. The molecular weight excluding hydrogens is 356 g/mol. The molecule has 0 spiro atoms. The Morgan fingerprint density at radius 1 is 1.32 bits per heavy atom. The van der Waals surface area contributed by atoms with Crippen molar-refractivity contribution in [2.24, 2.45) is 0 Å². The molecule has 0 N–H and O–H groups in total. The number of carbonyl (C=O) groups is 1. The van der Waals surface area contributed by atoms with E-state index in [-0.39, 0.29) is 18.2 Å². The first kappa shape index (κ1) is 18.4. The number of methoxy groups -OCH3 is 1. The minimum Gasteiger partial charge on any atom is -0.496 e. The highest BCUT2D eigenvalue weighted by atomic mass is 16.6. The van der Waals surface area contributed by atoms with Crippen LogP contribution in [0.2, 0.25) is 0 Å². The van der Waals surface area contributed by atoms with Gasteiger partial charge in [-0.3, -0.25) is 9.78 Å².